The monoisotopic (exact) mass is 421 g/mol. The maximum atomic E-state index is 13.2. The normalized spacial score (nSPS) is 18.8. The SMILES string of the molecule is CCN(C(=O)CN1C(=O)NC(C)(c2ccc(C(C)(C)C)cc2)C1=O)c1cccc(C)c1. The van der Waals surface area contributed by atoms with Gasteiger partial charge in [-0.1, -0.05) is 57.2 Å². The van der Waals surface area contributed by atoms with Crippen LogP contribution in [0.1, 0.15) is 51.3 Å². The molecule has 6 nitrogen and oxygen atoms in total. The number of aryl methyl sites for hydroxylation is 1. The number of imide groups is 1. The molecule has 6 heteroatoms. The van der Waals surface area contributed by atoms with Crippen LogP contribution in [0, 0.1) is 6.92 Å². The summed E-state index contributed by atoms with van der Waals surface area (Å²) in [4.78, 5) is 41.5. The zero-order valence-corrected chi connectivity index (χ0v) is 19.2. The molecular formula is C25H31N3O3. The molecule has 1 heterocycles. The summed E-state index contributed by atoms with van der Waals surface area (Å²) in [6.45, 7) is 12.0. The molecule has 1 saturated heterocycles. The number of urea groups is 1. The van der Waals surface area contributed by atoms with Gasteiger partial charge < -0.3 is 10.2 Å². The van der Waals surface area contributed by atoms with Crippen LogP contribution in [0.4, 0.5) is 10.5 Å². The highest BCUT2D eigenvalue weighted by Gasteiger charge is 2.49. The number of hydrogen-bond donors (Lipinski definition) is 1. The van der Waals surface area contributed by atoms with E-state index in [1.807, 2.05) is 62.4 Å². The topological polar surface area (TPSA) is 69.7 Å². The number of anilines is 1. The summed E-state index contributed by atoms with van der Waals surface area (Å²) in [5.74, 6) is -0.724. The first-order valence-electron chi connectivity index (χ1n) is 10.6. The van der Waals surface area contributed by atoms with Gasteiger partial charge in [0.1, 0.15) is 12.1 Å². The highest BCUT2D eigenvalue weighted by molar-refractivity contribution is 6.10. The number of carbonyl (C=O) groups is 3. The number of nitrogens with zero attached hydrogens (tertiary/aromatic N) is 2. The highest BCUT2D eigenvalue weighted by atomic mass is 16.2. The quantitative estimate of drug-likeness (QED) is 0.739. The van der Waals surface area contributed by atoms with E-state index in [4.69, 9.17) is 0 Å². The maximum Gasteiger partial charge on any atom is 0.325 e. The third-order valence-corrected chi connectivity index (χ3v) is 5.83. The van der Waals surface area contributed by atoms with Crippen LogP contribution in [0.3, 0.4) is 0 Å². The van der Waals surface area contributed by atoms with Gasteiger partial charge in [0.25, 0.3) is 5.91 Å². The lowest BCUT2D eigenvalue weighted by Gasteiger charge is -2.26. The molecule has 1 unspecified atom stereocenters. The van der Waals surface area contributed by atoms with Crippen molar-refractivity contribution >= 4 is 23.5 Å². The molecule has 0 bridgehead atoms. The number of nitrogens with one attached hydrogen (secondary N) is 1. The van der Waals surface area contributed by atoms with Crippen molar-refractivity contribution in [3.63, 3.8) is 0 Å². The molecule has 164 valence electrons. The molecule has 4 amide bonds. The first-order chi connectivity index (χ1) is 14.5. The zero-order valence-electron chi connectivity index (χ0n) is 19.2. The lowest BCUT2D eigenvalue weighted by molar-refractivity contribution is -0.134. The van der Waals surface area contributed by atoms with Gasteiger partial charge in [-0.15, -0.1) is 0 Å². The Labute approximate surface area is 184 Å². The van der Waals surface area contributed by atoms with Crippen molar-refractivity contribution < 1.29 is 14.4 Å². The molecule has 2 aromatic carbocycles. The molecule has 3 rings (SSSR count). The Morgan fingerprint density at radius 2 is 1.74 bits per heavy atom. The average molecular weight is 422 g/mol. The second kappa shape index (κ2) is 8.17. The summed E-state index contributed by atoms with van der Waals surface area (Å²) in [7, 11) is 0. The molecule has 1 aliphatic heterocycles. The maximum absolute atomic E-state index is 13.2. The molecule has 0 aliphatic carbocycles. The van der Waals surface area contributed by atoms with Gasteiger partial charge in [-0.05, 0) is 55.0 Å². The molecule has 1 atom stereocenters. The number of rotatable bonds is 5. The van der Waals surface area contributed by atoms with E-state index in [2.05, 4.69) is 26.1 Å². The van der Waals surface area contributed by atoms with Gasteiger partial charge in [-0.25, -0.2) is 4.79 Å². The van der Waals surface area contributed by atoms with Crippen LogP contribution in [0.25, 0.3) is 0 Å². The van der Waals surface area contributed by atoms with Crippen LogP contribution in [0.15, 0.2) is 48.5 Å². The Morgan fingerprint density at radius 1 is 1.10 bits per heavy atom. The molecule has 0 saturated carbocycles. The van der Waals surface area contributed by atoms with Crippen molar-refractivity contribution in [3.05, 3.63) is 65.2 Å². The van der Waals surface area contributed by atoms with Crippen LogP contribution in [0.5, 0.6) is 0 Å². The van der Waals surface area contributed by atoms with Gasteiger partial charge in [-0.3, -0.25) is 14.5 Å². The molecular weight excluding hydrogens is 390 g/mol. The number of benzene rings is 2. The number of likely N-dealkylation sites (N-methyl/N-ethyl adjacent to an activating group) is 1. The van der Waals surface area contributed by atoms with Crippen LogP contribution < -0.4 is 10.2 Å². The van der Waals surface area contributed by atoms with E-state index in [0.29, 0.717) is 12.1 Å². The van der Waals surface area contributed by atoms with Crippen molar-refractivity contribution in [2.45, 2.75) is 52.5 Å². The van der Waals surface area contributed by atoms with E-state index >= 15 is 0 Å². The second-order valence-electron chi connectivity index (χ2n) is 9.25. The van der Waals surface area contributed by atoms with Crippen LogP contribution >= 0.6 is 0 Å². The Bertz CT molecular complexity index is 1010. The fourth-order valence-electron chi connectivity index (χ4n) is 3.86. The summed E-state index contributed by atoms with van der Waals surface area (Å²) in [6, 6.07) is 14.7. The predicted molar refractivity (Wildman–Crippen MR) is 122 cm³/mol. The first kappa shape index (κ1) is 22.5. The number of carbonyl (C=O) groups excluding carboxylic acids is 3. The molecule has 31 heavy (non-hydrogen) atoms. The van der Waals surface area contributed by atoms with Crippen LogP contribution in [0.2, 0.25) is 0 Å². The van der Waals surface area contributed by atoms with Gasteiger partial charge in [0.15, 0.2) is 0 Å². The van der Waals surface area contributed by atoms with Gasteiger partial charge >= 0.3 is 6.03 Å². The third kappa shape index (κ3) is 4.33. The van der Waals surface area contributed by atoms with E-state index < -0.39 is 17.5 Å². The number of amides is 4. The Morgan fingerprint density at radius 3 is 2.29 bits per heavy atom. The van der Waals surface area contributed by atoms with Gasteiger partial charge in [-0.2, -0.15) is 0 Å². The standard InChI is InChI=1S/C25H31N3O3/c1-7-27(20-10-8-9-17(2)15-20)21(29)16-28-22(30)25(6,26-23(28)31)19-13-11-18(12-14-19)24(3,4)5/h8-15H,7,16H2,1-6H3,(H,26,31). The average Bonchev–Trinajstić information content (AvgIpc) is 2.92. The van der Waals surface area contributed by atoms with E-state index in [1.165, 1.54) is 0 Å². The second-order valence-corrected chi connectivity index (χ2v) is 9.25. The largest absolute Gasteiger partial charge is 0.325 e. The predicted octanol–water partition coefficient (Wildman–Crippen LogP) is 4.11. The molecule has 0 radical (unpaired) electrons. The Kier molecular flexibility index (Phi) is 5.94. The van der Waals surface area contributed by atoms with Crippen molar-refractivity contribution in [2.24, 2.45) is 0 Å². The molecule has 2 aromatic rings. The fraction of sp³-hybridized carbons (Fsp3) is 0.400. The summed E-state index contributed by atoms with van der Waals surface area (Å²) in [6.07, 6.45) is 0. The molecule has 1 aliphatic rings. The Balaban J connectivity index is 1.81. The summed E-state index contributed by atoms with van der Waals surface area (Å²) in [5.41, 5.74) is 2.40. The molecule has 1 fully saturated rings. The van der Waals surface area contributed by atoms with Crippen molar-refractivity contribution in [2.75, 3.05) is 18.0 Å². The first-order valence-corrected chi connectivity index (χ1v) is 10.6. The minimum atomic E-state index is -1.20. The molecule has 0 aromatic heterocycles. The van der Waals surface area contributed by atoms with Gasteiger partial charge in [0, 0.05) is 12.2 Å². The zero-order chi connectivity index (χ0) is 23.0. The number of hydrogen-bond acceptors (Lipinski definition) is 3. The Hall–Kier alpha value is -3.15. The summed E-state index contributed by atoms with van der Waals surface area (Å²) >= 11 is 0. The van der Waals surface area contributed by atoms with Crippen LogP contribution in [-0.2, 0) is 20.5 Å². The third-order valence-electron chi connectivity index (χ3n) is 5.83. The minimum Gasteiger partial charge on any atom is -0.319 e. The highest BCUT2D eigenvalue weighted by Crippen LogP contribution is 2.31. The summed E-state index contributed by atoms with van der Waals surface area (Å²) in [5, 5.41) is 2.78. The van der Waals surface area contributed by atoms with E-state index in [9.17, 15) is 14.4 Å². The lowest BCUT2D eigenvalue weighted by atomic mass is 9.84. The van der Waals surface area contributed by atoms with Crippen LogP contribution in [-0.4, -0.2) is 35.8 Å². The molecule has 0 spiro atoms. The van der Waals surface area contributed by atoms with Crippen molar-refractivity contribution in [3.8, 4) is 0 Å². The van der Waals surface area contributed by atoms with Gasteiger partial charge in [0.05, 0.1) is 0 Å². The van der Waals surface area contributed by atoms with E-state index in [-0.39, 0.29) is 17.9 Å². The van der Waals surface area contributed by atoms with E-state index in [1.54, 1.807) is 11.8 Å². The molecule has 1 N–H and O–H groups in total. The summed E-state index contributed by atoms with van der Waals surface area (Å²) < 4.78 is 0. The van der Waals surface area contributed by atoms with Crippen molar-refractivity contribution in [1.29, 1.82) is 0 Å². The van der Waals surface area contributed by atoms with Gasteiger partial charge in [0.2, 0.25) is 5.91 Å². The smallest absolute Gasteiger partial charge is 0.319 e. The fourth-order valence-corrected chi connectivity index (χ4v) is 3.86. The van der Waals surface area contributed by atoms with Crippen molar-refractivity contribution in [1.82, 2.24) is 10.2 Å². The minimum absolute atomic E-state index is 0.0137. The lowest BCUT2D eigenvalue weighted by Crippen LogP contribution is -2.44. The van der Waals surface area contributed by atoms with E-state index in [0.717, 1.165) is 21.7 Å².